The number of amidine groups is 2. The Hall–Kier alpha value is -1.49. The minimum absolute atomic E-state index is 0. The largest absolute Gasteiger partial charge is 2.00 e. The van der Waals surface area contributed by atoms with Gasteiger partial charge in [0.2, 0.25) is 0 Å². The van der Waals surface area contributed by atoms with Gasteiger partial charge in [-0.2, -0.15) is 0 Å². The summed E-state index contributed by atoms with van der Waals surface area (Å²) in [6.45, 7) is 11.9. The molecule has 0 fully saturated rings. The summed E-state index contributed by atoms with van der Waals surface area (Å²) in [5, 5.41) is 0. The number of aliphatic imine (C=N–C) groups is 2. The fourth-order valence-electron chi connectivity index (χ4n) is 3.03. The number of nitrogens with zero attached hydrogens (tertiary/aromatic N) is 4. The van der Waals surface area contributed by atoms with Crippen molar-refractivity contribution in [2.45, 2.75) is 27.7 Å². The first-order valence-electron chi connectivity index (χ1n) is 10.6. The normalized spacial score (nSPS) is 10.9. The summed E-state index contributed by atoms with van der Waals surface area (Å²) >= 11 is 19.5. The monoisotopic (exact) mass is 561 g/mol. The van der Waals surface area contributed by atoms with Crippen LogP contribution in [-0.4, -0.2) is 56.3 Å². The molecular weight excluding hydrogens is 531 g/mol. The van der Waals surface area contributed by atoms with Crippen molar-refractivity contribution in [3.63, 3.8) is 0 Å². The Morgan fingerprint density at radius 1 is 0.636 bits per heavy atom. The Labute approximate surface area is 231 Å². The van der Waals surface area contributed by atoms with Gasteiger partial charge in [0.25, 0.3) is 0 Å². The van der Waals surface area contributed by atoms with Gasteiger partial charge in [0, 0.05) is 37.3 Å². The van der Waals surface area contributed by atoms with Crippen molar-refractivity contribution in [3.8, 4) is 0 Å². The summed E-state index contributed by atoms with van der Waals surface area (Å²) in [7, 11) is 0. The molecule has 0 unspecified atom stereocenters. The second kappa shape index (κ2) is 17.9. The Balaban J connectivity index is 0.000000602. The van der Waals surface area contributed by atoms with Crippen molar-refractivity contribution in [3.05, 3.63) is 71.8 Å². The van der Waals surface area contributed by atoms with E-state index in [9.17, 15) is 0 Å². The van der Waals surface area contributed by atoms with Gasteiger partial charge >= 0.3 is 16.8 Å². The summed E-state index contributed by atoms with van der Waals surface area (Å²) in [6.07, 6.45) is 0. The maximum Gasteiger partial charge on any atom is 2.00 e. The van der Waals surface area contributed by atoms with Gasteiger partial charge in [-0.05, 0) is 36.3 Å². The first-order valence-corrected chi connectivity index (χ1v) is 12.2. The molecule has 1 radical (unpaired) electrons. The average molecular weight is 562 g/mol. The van der Waals surface area contributed by atoms with E-state index in [-0.39, 0.29) is 25.4 Å². The Kier molecular flexibility index (Phi) is 17.1. The predicted molar refractivity (Wildman–Crippen MR) is 152 cm³/mol. The summed E-state index contributed by atoms with van der Waals surface area (Å²) in [6, 6.07) is 20.0. The van der Waals surface area contributed by atoms with Crippen molar-refractivity contribution in [1.29, 1.82) is 0 Å². The molecule has 4 nitrogen and oxygen atoms in total. The number of thiocarbonyl (C=S) groups is 2. The van der Waals surface area contributed by atoms with Gasteiger partial charge in [0.05, 0.1) is 0 Å². The summed E-state index contributed by atoms with van der Waals surface area (Å²) < 4.78 is 0.511. The molecule has 2 rings (SSSR count). The van der Waals surface area contributed by atoms with Crippen molar-refractivity contribution in [2.24, 2.45) is 9.98 Å². The Morgan fingerprint density at radius 3 is 1.12 bits per heavy atom. The van der Waals surface area contributed by atoms with Crippen LogP contribution in [-0.2, 0) is 42.0 Å². The maximum absolute atomic E-state index is 4.89. The van der Waals surface area contributed by atoms with E-state index in [1.54, 1.807) is 0 Å². The second-order valence-corrected chi connectivity index (χ2v) is 8.54. The third-order valence-electron chi connectivity index (χ3n) is 4.58. The fourth-order valence-corrected chi connectivity index (χ4v) is 3.38. The van der Waals surface area contributed by atoms with Crippen molar-refractivity contribution < 1.29 is 16.8 Å². The summed E-state index contributed by atoms with van der Waals surface area (Å²) in [4.78, 5) is 12.8. The van der Waals surface area contributed by atoms with Crippen molar-refractivity contribution >= 4 is 70.0 Å². The van der Waals surface area contributed by atoms with Crippen LogP contribution in [0.25, 0.3) is 0 Å². The van der Waals surface area contributed by atoms with E-state index in [0.717, 1.165) is 49.0 Å². The van der Waals surface area contributed by atoms with E-state index in [4.69, 9.17) is 49.7 Å². The molecule has 0 saturated carbocycles. The molecule has 0 N–H and O–H groups in total. The maximum atomic E-state index is 4.89. The molecule has 0 bridgehead atoms. The summed E-state index contributed by atoms with van der Waals surface area (Å²) in [5.74, 6) is 1.73. The molecule has 0 aliphatic carbocycles. The number of rotatable bonds is 6. The molecule has 0 atom stereocenters. The van der Waals surface area contributed by atoms with E-state index in [1.165, 1.54) is 0 Å². The van der Waals surface area contributed by atoms with Gasteiger partial charge in [0.1, 0.15) is 11.7 Å². The van der Waals surface area contributed by atoms with E-state index in [0.29, 0.717) is 0 Å². The summed E-state index contributed by atoms with van der Waals surface area (Å²) in [5.41, 5.74) is 2.11. The van der Waals surface area contributed by atoms with Gasteiger partial charge in [-0.15, -0.1) is 0 Å². The quantitative estimate of drug-likeness (QED) is 0.208. The molecule has 0 aliphatic rings. The Bertz CT molecular complexity index is 822. The molecule has 2 aromatic carbocycles. The standard InChI is InChI=1S/2C12H16N2S2.Co/c2*1-3-14(4-2)11(13-12(15)16)10-8-6-5-7-9-10;/h2*5-9H,3-4H2,1-2H3,(H,15,16);/q;;+2/p-2. The smallest absolute Gasteiger partial charge is 0.409 e. The molecule has 33 heavy (non-hydrogen) atoms. The molecule has 2 aromatic rings. The molecule has 0 spiro atoms. The number of hydrogen-bond acceptors (Lipinski definition) is 4. The van der Waals surface area contributed by atoms with Crippen LogP contribution >= 0.6 is 24.4 Å². The third-order valence-corrected chi connectivity index (χ3v) is 4.95. The number of benzene rings is 2. The first kappa shape index (κ1) is 31.5. The van der Waals surface area contributed by atoms with Crippen molar-refractivity contribution in [1.82, 2.24) is 9.80 Å². The van der Waals surface area contributed by atoms with Crippen molar-refractivity contribution in [2.75, 3.05) is 26.2 Å². The van der Waals surface area contributed by atoms with Crippen LogP contribution in [0.2, 0.25) is 0 Å². The molecule has 0 heterocycles. The van der Waals surface area contributed by atoms with E-state index < -0.39 is 0 Å². The first-order chi connectivity index (χ1) is 15.4. The van der Waals surface area contributed by atoms with Gasteiger partial charge in [0.15, 0.2) is 0 Å². The minimum atomic E-state index is 0. The van der Waals surface area contributed by atoms with Gasteiger partial charge < -0.3 is 59.5 Å². The SMILES string of the molecule is CCN(CC)C(=NC(=S)[S-])c1ccccc1.CCN(CC)C(=NC(=S)[S-])c1ccccc1.[Co+2]. The molecule has 0 aromatic heterocycles. The molecule has 9 heteroatoms. The zero-order valence-electron chi connectivity index (χ0n) is 19.4. The molecular formula is C24H30CoN4S4. The van der Waals surface area contributed by atoms with Crippen LogP contribution in [0.1, 0.15) is 38.8 Å². The molecule has 0 amide bonds. The van der Waals surface area contributed by atoms with Gasteiger partial charge in [-0.3, -0.25) is 9.98 Å². The molecule has 0 saturated heterocycles. The van der Waals surface area contributed by atoms with Crippen LogP contribution in [0.4, 0.5) is 0 Å². The zero-order valence-corrected chi connectivity index (χ0v) is 23.7. The van der Waals surface area contributed by atoms with E-state index in [1.807, 2.05) is 60.7 Å². The van der Waals surface area contributed by atoms with Crippen LogP contribution in [0.15, 0.2) is 70.6 Å². The Morgan fingerprint density at radius 2 is 0.909 bits per heavy atom. The predicted octanol–water partition coefficient (Wildman–Crippen LogP) is 5.21. The molecule has 179 valence electrons. The zero-order chi connectivity index (χ0) is 23.9. The van der Waals surface area contributed by atoms with E-state index >= 15 is 0 Å². The van der Waals surface area contributed by atoms with Crippen LogP contribution in [0, 0.1) is 0 Å². The van der Waals surface area contributed by atoms with E-state index in [2.05, 4.69) is 47.5 Å². The number of hydrogen-bond donors (Lipinski definition) is 0. The molecule has 0 aliphatic heterocycles. The average Bonchev–Trinajstić information content (AvgIpc) is 2.80. The van der Waals surface area contributed by atoms with Crippen LogP contribution in [0.5, 0.6) is 0 Å². The fraction of sp³-hybridized carbons (Fsp3) is 0.333. The van der Waals surface area contributed by atoms with Gasteiger partial charge in [-0.25, -0.2) is 0 Å². The topological polar surface area (TPSA) is 31.2 Å². The van der Waals surface area contributed by atoms with Crippen LogP contribution < -0.4 is 0 Å². The third kappa shape index (κ3) is 11.5. The second-order valence-electron chi connectivity index (χ2n) is 6.48. The minimum Gasteiger partial charge on any atom is -0.409 e. The van der Waals surface area contributed by atoms with Gasteiger partial charge in [-0.1, -0.05) is 60.7 Å². The van der Waals surface area contributed by atoms with Crippen LogP contribution in [0.3, 0.4) is 0 Å².